The van der Waals surface area contributed by atoms with Crippen molar-refractivity contribution in [3.63, 3.8) is 0 Å². The van der Waals surface area contributed by atoms with Crippen LogP contribution in [0, 0.1) is 6.92 Å². The molecule has 0 fully saturated rings. The first-order chi connectivity index (χ1) is 8.58. The third kappa shape index (κ3) is 2.58. The molecule has 0 aliphatic carbocycles. The van der Waals surface area contributed by atoms with E-state index in [-0.39, 0.29) is 5.91 Å². The fraction of sp³-hybridized carbons (Fsp3) is 0.417. The molecule has 6 nitrogen and oxygen atoms in total. The fourth-order valence-corrected chi connectivity index (χ4v) is 1.90. The average molecular weight is 247 g/mol. The zero-order chi connectivity index (χ0) is 13.1. The molecule has 18 heavy (non-hydrogen) atoms. The number of imidazole rings is 1. The van der Waals surface area contributed by atoms with Crippen molar-refractivity contribution in [3.8, 4) is 0 Å². The molecule has 2 heterocycles. The number of carbonyl (C=O) groups excluding carboxylic acids is 1. The molecule has 96 valence electrons. The normalized spacial score (nSPS) is 10.9. The second kappa shape index (κ2) is 5.03. The fourth-order valence-electron chi connectivity index (χ4n) is 1.90. The molecule has 0 radical (unpaired) electrons. The molecule has 2 rings (SSSR count). The largest absolute Gasteiger partial charge is 0.370 e. The lowest BCUT2D eigenvalue weighted by atomic mass is 10.2. The van der Waals surface area contributed by atoms with Gasteiger partial charge in [0.2, 0.25) is 11.9 Å². The molecule has 0 spiro atoms. The van der Waals surface area contributed by atoms with Gasteiger partial charge < -0.3 is 11.5 Å². The Morgan fingerprint density at radius 2 is 2.11 bits per heavy atom. The molecule has 4 N–H and O–H groups in total. The van der Waals surface area contributed by atoms with Crippen LogP contribution >= 0.6 is 0 Å². The van der Waals surface area contributed by atoms with Gasteiger partial charge in [-0.15, -0.1) is 0 Å². The molecule has 6 heteroatoms. The van der Waals surface area contributed by atoms with Gasteiger partial charge in [0.15, 0.2) is 5.65 Å². The van der Waals surface area contributed by atoms with Crippen LogP contribution in [-0.4, -0.2) is 20.4 Å². The molecule has 0 saturated carbocycles. The van der Waals surface area contributed by atoms with Crippen molar-refractivity contribution in [3.05, 3.63) is 17.8 Å². The summed E-state index contributed by atoms with van der Waals surface area (Å²) in [7, 11) is 0. The topological polar surface area (TPSA) is 99.8 Å². The van der Waals surface area contributed by atoms with Crippen molar-refractivity contribution in [2.45, 2.75) is 32.7 Å². The minimum Gasteiger partial charge on any atom is -0.370 e. The molecular formula is C12H17N5O. The zero-order valence-corrected chi connectivity index (χ0v) is 10.4. The number of anilines is 1. The lowest BCUT2D eigenvalue weighted by Gasteiger charge is -2.05. The molecule has 0 saturated heterocycles. The molecule has 0 atom stereocenters. The van der Waals surface area contributed by atoms with Gasteiger partial charge in [-0.1, -0.05) is 0 Å². The number of aromatic nitrogens is 3. The first-order valence-electron chi connectivity index (χ1n) is 5.95. The van der Waals surface area contributed by atoms with Gasteiger partial charge in [-0.2, -0.15) is 0 Å². The summed E-state index contributed by atoms with van der Waals surface area (Å²) in [5.41, 5.74) is 13.5. The van der Waals surface area contributed by atoms with Crippen molar-refractivity contribution in [1.29, 1.82) is 0 Å². The minimum atomic E-state index is -0.271. The molecule has 0 bridgehead atoms. The summed E-state index contributed by atoms with van der Waals surface area (Å²) in [4.78, 5) is 19.3. The summed E-state index contributed by atoms with van der Waals surface area (Å²) in [5, 5.41) is 0. The molecule has 0 aliphatic rings. The molecule has 2 aromatic rings. The second-order valence-electron chi connectivity index (χ2n) is 4.34. The highest BCUT2D eigenvalue weighted by atomic mass is 16.1. The van der Waals surface area contributed by atoms with Crippen LogP contribution in [-0.2, 0) is 11.3 Å². The molecule has 0 aliphatic heterocycles. The number of unbranched alkanes of at least 4 members (excludes halogenated alkanes) is 1. The monoisotopic (exact) mass is 247 g/mol. The van der Waals surface area contributed by atoms with Crippen molar-refractivity contribution in [2.24, 2.45) is 5.73 Å². The van der Waals surface area contributed by atoms with E-state index in [4.69, 9.17) is 11.5 Å². The Labute approximate surface area is 105 Å². The van der Waals surface area contributed by atoms with Crippen LogP contribution in [0.15, 0.2) is 12.1 Å². The van der Waals surface area contributed by atoms with Crippen LogP contribution in [0.25, 0.3) is 11.2 Å². The van der Waals surface area contributed by atoms with E-state index in [1.54, 1.807) is 0 Å². The summed E-state index contributed by atoms with van der Waals surface area (Å²) in [6.45, 7) is 2.63. The number of nitrogen functional groups attached to an aromatic ring is 1. The molecule has 2 aromatic heterocycles. The summed E-state index contributed by atoms with van der Waals surface area (Å²) >= 11 is 0. The zero-order valence-electron chi connectivity index (χ0n) is 10.4. The Morgan fingerprint density at radius 1 is 1.33 bits per heavy atom. The standard InChI is InChI=1S/C12H17N5O/c1-8-5-6-9-11(15-8)17(12(14)16-9)7-3-2-4-10(13)18/h5-6H,2-4,7H2,1H3,(H2,13,18)(H2,14,16). The van der Waals surface area contributed by atoms with Crippen molar-refractivity contribution >= 4 is 23.0 Å². The van der Waals surface area contributed by atoms with E-state index in [0.717, 1.165) is 29.7 Å². The lowest BCUT2D eigenvalue weighted by Crippen LogP contribution is -2.10. The van der Waals surface area contributed by atoms with E-state index < -0.39 is 0 Å². The van der Waals surface area contributed by atoms with Gasteiger partial charge in [0.25, 0.3) is 0 Å². The van der Waals surface area contributed by atoms with E-state index in [0.29, 0.717) is 18.9 Å². The van der Waals surface area contributed by atoms with E-state index >= 15 is 0 Å². The quantitative estimate of drug-likeness (QED) is 0.769. The van der Waals surface area contributed by atoms with Crippen molar-refractivity contribution in [1.82, 2.24) is 14.5 Å². The van der Waals surface area contributed by atoms with Crippen LogP contribution in [0.1, 0.15) is 25.0 Å². The maximum atomic E-state index is 10.7. The number of primary amides is 1. The van der Waals surface area contributed by atoms with Gasteiger partial charge in [0.05, 0.1) is 0 Å². The number of nitrogens with two attached hydrogens (primary N) is 2. The maximum absolute atomic E-state index is 10.7. The number of pyridine rings is 1. The maximum Gasteiger partial charge on any atom is 0.217 e. The number of carbonyl (C=O) groups is 1. The SMILES string of the molecule is Cc1ccc2nc(N)n(CCCCC(N)=O)c2n1. The van der Waals surface area contributed by atoms with Crippen molar-refractivity contribution in [2.75, 3.05) is 5.73 Å². The predicted molar refractivity (Wildman–Crippen MR) is 69.7 cm³/mol. The van der Waals surface area contributed by atoms with Gasteiger partial charge in [-0.3, -0.25) is 9.36 Å². The smallest absolute Gasteiger partial charge is 0.217 e. The van der Waals surface area contributed by atoms with Crippen LogP contribution in [0.2, 0.25) is 0 Å². The second-order valence-corrected chi connectivity index (χ2v) is 4.34. The Balaban J connectivity index is 2.14. The van der Waals surface area contributed by atoms with E-state index in [1.807, 2.05) is 23.6 Å². The minimum absolute atomic E-state index is 0.271. The third-order valence-electron chi connectivity index (χ3n) is 2.82. The highest BCUT2D eigenvalue weighted by Gasteiger charge is 2.09. The van der Waals surface area contributed by atoms with Gasteiger partial charge in [-0.25, -0.2) is 9.97 Å². The lowest BCUT2D eigenvalue weighted by molar-refractivity contribution is -0.118. The molecule has 0 unspecified atom stereocenters. The number of nitrogens with zero attached hydrogens (tertiary/aromatic N) is 3. The van der Waals surface area contributed by atoms with Crippen LogP contribution in [0.3, 0.4) is 0 Å². The summed E-state index contributed by atoms with van der Waals surface area (Å²) in [5.74, 6) is 0.189. The highest BCUT2D eigenvalue weighted by molar-refractivity contribution is 5.74. The van der Waals surface area contributed by atoms with Gasteiger partial charge in [0.1, 0.15) is 5.52 Å². The predicted octanol–water partition coefficient (Wildman–Crippen LogP) is 0.978. The number of hydrogen-bond donors (Lipinski definition) is 2. The summed E-state index contributed by atoms with van der Waals surface area (Å²) < 4.78 is 1.88. The number of hydrogen-bond acceptors (Lipinski definition) is 4. The van der Waals surface area contributed by atoms with E-state index in [9.17, 15) is 4.79 Å². The van der Waals surface area contributed by atoms with Crippen LogP contribution < -0.4 is 11.5 Å². The number of amides is 1. The first-order valence-corrected chi connectivity index (χ1v) is 5.95. The Morgan fingerprint density at radius 3 is 2.83 bits per heavy atom. The first kappa shape index (κ1) is 12.3. The summed E-state index contributed by atoms with van der Waals surface area (Å²) in [6, 6.07) is 3.82. The Kier molecular flexibility index (Phi) is 3.45. The molecule has 1 amide bonds. The van der Waals surface area contributed by atoms with Crippen LogP contribution in [0.4, 0.5) is 5.95 Å². The highest BCUT2D eigenvalue weighted by Crippen LogP contribution is 2.17. The van der Waals surface area contributed by atoms with E-state index in [1.165, 1.54) is 0 Å². The molecular weight excluding hydrogens is 230 g/mol. The van der Waals surface area contributed by atoms with E-state index in [2.05, 4.69) is 9.97 Å². The Bertz CT molecular complexity index is 575. The summed E-state index contributed by atoms with van der Waals surface area (Å²) in [6.07, 6.45) is 1.98. The Hall–Kier alpha value is -2.11. The third-order valence-corrected chi connectivity index (χ3v) is 2.82. The van der Waals surface area contributed by atoms with Gasteiger partial charge in [-0.05, 0) is 31.9 Å². The number of rotatable bonds is 5. The number of fused-ring (bicyclic) bond motifs is 1. The van der Waals surface area contributed by atoms with Gasteiger partial charge in [0, 0.05) is 18.7 Å². The average Bonchev–Trinajstić information content (AvgIpc) is 2.60. The van der Waals surface area contributed by atoms with Crippen molar-refractivity contribution < 1.29 is 4.79 Å². The number of aryl methyl sites for hydroxylation is 2. The van der Waals surface area contributed by atoms with Gasteiger partial charge >= 0.3 is 0 Å². The molecule has 0 aromatic carbocycles. The van der Waals surface area contributed by atoms with Crippen LogP contribution in [0.5, 0.6) is 0 Å².